The zero-order valence-corrected chi connectivity index (χ0v) is 15.4. The second kappa shape index (κ2) is 7.95. The molecule has 1 saturated carbocycles. The molecule has 1 saturated heterocycles. The molecule has 1 aliphatic carbocycles. The summed E-state index contributed by atoms with van der Waals surface area (Å²) in [5.74, 6) is 1.54. The van der Waals surface area contributed by atoms with Crippen molar-refractivity contribution in [2.75, 3.05) is 20.8 Å². The van der Waals surface area contributed by atoms with Crippen molar-refractivity contribution in [3.63, 3.8) is 0 Å². The monoisotopic (exact) mass is 361 g/mol. The maximum absolute atomic E-state index is 12.7. The molecule has 1 heterocycles. The number of thioether (sulfide) groups is 1. The van der Waals surface area contributed by atoms with Crippen molar-refractivity contribution in [1.29, 1.82) is 0 Å². The standard InChI is InChI=1S/C19H23NO4S/c1-23-15-9-8-14(16(11-15)24-2)10-17-18(21)20(19(22)25-17)12-13-6-4-3-5-7-13/h8-11,13H,3-7,12H2,1-2H3/b17-10+. The molecule has 0 unspecified atom stereocenters. The third-order valence-corrected chi connectivity index (χ3v) is 5.67. The van der Waals surface area contributed by atoms with Gasteiger partial charge in [-0.3, -0.25) is 14.5 Å². The van der Waals surface area contributed by atoms with E-state index in [2.05, 4.69) is 0 Å². The molecule has 0 bridgehead atoms. The van der Waals surface area contributed by atoms with Gasteiger partial charge >= 0.3 is 0 Å². The fourth-order valence-corrected chi connectivity index (χ4v) is 4.20. The number of ether oxygens (including phenoxy) is 2. The normalized spacial score (nSPS) is 20.4. The van der Waals surface area contributed by atoms with Gasteiger partial charge in [0.1, 0.15) is 11.5 Å². The van der Waals surface area contributed by atoms with Crippen LogP contribution in [0.3, 0.4) is 0 Å². The van der Waals surface area contributed by atoms with Gasteiger partial charge in [0.25, 0.3) is 11.1 Å². The summed E-state index contributed by atoms with van der Waals surface area (Å²) in [5.41, 5.74) is 0.756. The Hall–Kier alpha value is -1.95. The van der Waals surface area contributed by atoms with E-state index < -0.39 is 0 Å². The quantitative estimate of drug-likeness (QED) is 0.731. The Labute approximate surface area is 152 Å². The summed E-state index contributed by atoms with van der Waals surface area (Å²) in [6.07, 6.45) is 7.58. The van der Waals surface area contributed by atoms with Crippen molar-refractivity contribution in [2.24, 2.45) is 5.92 Å². The summed E-state index contributed by atoms with van der Waals surface area (Å²) in [6, 6.07) is 5.39. The lowest BCUT2D eigenvalue weighted by atomic mass is 9.89. The number of imide groups is 1. The molecule has 2 aliphatic rings. The van der Waals surface area contributed by atoms with Crippen LogP contribution in [-0.2, 0) is 4.79 Å². The molecule has 3 rings (SSSR count). The van der Waals surface area contributed by atoms with Crippen LogP contribution in [0.2, 0.25) is 0 Å². The fourth-order valence-electron chi connectivity index (χ4n) is 3.36. The molecule has 0 N–H and O–H groups in total. The minimum Gasteiger partial charge on any atom is -0.497 e. The minimum absolute atomic E-state index is 0.172. The molecule has 0 spiro atoms. The summed E-state index contributed by atoms with van der Waals surface area (Å²) in [4.78, 5) is 26.8. The summed E-state index contributed by atoms with van der Waals surface area (Å²) in [7, 11) is 3.16. The Morgan fingerprint density at radius 2 is 1.92 bits per heavy atom. The second-order valence-corrected chi connectivity index (χ2v) is 7.40. The van der Waals surface area contributed by atoms with E-state index in [-0.39, 0.29) is 11.1 Å². The first-order chi connectivity index (χ1) is 12.1. The van der Waals surface area contributed by atoms with Gasteiger partial charge in [-0.25, -0.2) is 0 Å². The van der Waals surface area contributed by atoms with E-state index in [1.54, 1.807) is 32.4 Å². The van der Waals surface area contributed by atoms with E-state index >= 15 is 0 Å². The van der Waals surface area contributed by atoms with Crippen LogP contribution in [0.15, 0.2) is 23.1 Å². The smallest absolute Gasteiger partial charge is 0.293 e. The van der Waals surface area contributed by atoms with Gasteiger partial charge in [-0.1, -0.05) is 19.3 Å². The maximum atomic E-state index is 12.7. The molecular weight excluding hydrogens is 338 g/mol. The predicted octanol–water partition coefficient (Wildman–Crippen LogP) is 4.32. The van der Waals surface area contributed by atoms with Gasteiger partial charge in [-0.2, -0.15) is 0 Å². The zero-order chi connectivity index (χ0) is 17.8. The van der Waals surface area contributed by atoms with Crippen LogP contribution in [0.4, 0.5) is 4.79 Å². The highest BCUT2D eigenvalue weighted by Gasteiger charge is 2.36. The molecule has 6 heteroatoms. The van der Waals surface area contributed by atoms with Crippen molar-refractivity contribution in [3.05, 3.63) is 28.7 Å². The summed E-state index contributed by atoms with van der Waals surface area (Å²) < 4.78 is 10.6. The molecule has 0 atom stereocenters. The number of carbonyl (C=O) groups excluding carboxylic acids is 2. The molecule has 2 fully saturated rings. The Kier molecular flexibility index (Phi) is 5.68. The van der Waals surface area contributed by atoms with Crippen LogP contribution in [0.25, 0.3) is 6.08 Å². The van der Waals surface area contributed by atoms with Gasteiger partial charge in [0.05, 0.1) is 19.1 Å². The number of nitrogens with zero attached hydrogens (tertiary/aromatic N) is 1. The largest absolute Gasteiger partial charge is 0.497 e. The first kappa shape index (κ1) is 17.9. The highest BCUT2D eigenvalue weighted by Crippen LogP contribution is 2.36. The topological polar surface area (TPSA) is 55.8 Å². The second-order valence-electron chi connectivity index (χ2n) is 6.40. The maximum Gasteiger partial charge on any atom is 0.293 e. The first-order valence-corrected chi connectivity index (χ1v) is 9.41. The van der Waals surface area contributed by atoms with Gasteiger partial charge in [0.15, 0.2) is 0 Å². The Morgan fingerprint density at radius 1 is 1.16 bits per heavy atom. The molecule has 1 aromatic rings. The Bertz CT molecular complexity index is 695. The van der Waals surface area contributed by atoms with Crippen molar-refractivity contribution in [2.45, 2.75) is 32.1 Å². The van der Waals surface area contributed by atoms with Gasteiger partial charge < -0.3 is 9.47 Å². The van der Waals surface area contributed by atoms with Crippen LogP contribution >= 0.6 is 11.8 Å². The Morgan fingerprint density at radius 3 is 2.60 bits per heavy atom. The zero-order valence-electron chi connectivity index (χ0n) is 14.6. The van der Waals surface area contributed by atoms with Gasteiger partial charge in [-0.05, 0) is 48.7 Å². The Balaban J connectivity index is 1.78. The van der Waals surface area contributed by atoms with Gasteiger partial charge in [-0.15, -0.1) is 0 Å². The lowest BCUT2D eigenvalue weighted by Crippen LogP contribution is -2.34. The van der Waals surface area contributed by atoms with Crippen LogP contribution in [-0.4, -0.2) is 36.8 Å². The number of rotatable bonds is 5. The number of carbonyl (C=O) groups is 2. The molecule has 134 valence electrons. The summed E-state index contributed by atoms with van der Waals surface area (Å²) >= 11 is 1.01. The third-order valence-electron chi connectivity index (χ3n) is 4.77. The van der Waals surface area contributed by atoms with Crippen LogP contribution in [0, 0.1) is 5.92 Å². The summed E-state index contributed by atoms with van der Waals surface area (Å²) in [5, 5.41) is -0.172. The first-order valence-electron chi connectivity index (χ1n) is 8.59. The molecule has 0 radical (unpaired) electrons. The number of hydrogen-bond acceptors (Lipinski definition) is 5. The molecule has 1 aromatic carbocycles. The van der Waals surface area contributed by atoms with Crippen molar-refractivity contribution < 1.29 is 19.1 Å². The molecule has 2 amide bonds. The van der Waals surface area contributed by atoms with Gasteiger partial charge in [0.2, 0.25) is 0 Å². The van der Waals surface area contributed by atoms with Crippen LogP contribution in [0.5, 0.6) is 11.5 Å². The van der Waals surface area contributed by atoms with Crippen molar-refractivity contribution in [3.8, 4) is 11.5 Å². The van der Waals surface area contributed by atoms with E-state index in [4.69, 9.17) is 9.47 Å². The van der Waals surface area contributed by atoms with Crippen LogP contribution in [0.1, 0.15) is 37.7 Å². The summed E-state index contributed by atoms with van der Waals surface area (Å²) in [6.45, 7) is 0.543. The van der Waals surface area contributed by atoms with E-state index in [9.17, 15) is 9.59 Å². The van der Waals surface area contributed by atoms with Crippen molar-refractivity contribution >= 4 is 29.0 Å². The molecular formula is C19H23NO4S. The number of amides is 2. The lowest BCUT2D eigenvalue weighted by molar-refractivity contribution is -0.123. The number of hydrogen-bond donors (Lipinski definition) is 0. The number of benzene rings is 1. The van der Waals surface area contributed by atoms with E-state index in [0.717, 1.165) is 30.2 Å². The molecule has 1 aliphatic heterocycles. The lowest BCUT2D eigenvalue weighted by Gasteiger charge is -2.25. The average molecular weight is 361 g/mol. The fraction of sp³-hybridized carbons (Fsp3) is 0.474. The highest BCUT2D eigenvalue weighted by atomic mass is 32.2. The van der Waals surface area contributed by atoms with E-state index in [1.165, 1.54) is 24.2 Å². The molecule has 0 aromatic heterocycles. The van der Waals surface area contributed by atoms with Crippen LogP contribution < -0.4 is 9.47 Å². The van der Waals surface area contributed by atoms with E-state index in [0.29, 0.717) is 28.9 Å². The average Bonchev–Trinajstić information content (AvgIpc) is 2.90. The predicted molar refractivity (Wildman–Crippen MR) is 98.8 cm³/mol. The van der Waals surface area contributed by atoms with Gasteiger partial charge in [0, 0.05) is 18.2 Å². The van der Waals surface area contributed by atoms with Crippen molar-refractivity contribution in [1.82, 2.24) is 4.90 Å². The number of methoxy groups -OCH3 is 2. The third kappa shape index (κ3) is 4.00. The molecule has 5 nitrogen and oxygen atoms in total. The highest BCUT2D eigenvalue weighted by molar-refractivity contribution is 8.18. The SMILES string of the molecule is COc1ccc(/C=C2/SC(=O)N(CC3CCCCC3)C2=O)c(OC)c1. The van der Waals surface area contributed by atoms with E-state index in [1.807, 2.05) is 6.07 Å². The molecule has 25 heavy (non-hydrogen) atoms. The minimum atomic E-state index is -0.196.